The molecule has 1 aliphatic heterocycles. The van der Waals surface area contributed by atoms with Gasteiger partial charge in [-0.15, -0.1) is 0 Å². The van der Waals surface area contributed by atoms with Crippen LogP contribution in [0.4, 0.5) is 0 Å². The van der Waals surface area contributed by atoms with Gasteiger partial charge >= 0.3 is 0 Å². The second kappa shape index (κ2) is 8.19. The average Bonchev–Trinajstić information content (AvgIpc) is 3.14. The fraction of sp³-hybridized carbons (Fsp3) is 0.240. The zero-order valence-corrected chi connectivity index (χ0v) is 18.6. The van der Waals surface area contributed by atoms with Gasteiger partial charge in [0.2, 0.25) is 0 Å². The number of fused-ring (bicyclic) bond motifs is 1. The van der Waals surface area contributed by atoms with E-state index in [0.717, 1.165) is 33.6 Å². The van der Waals surface area contributed by atoms with Gasteiger partial charge in [0.1, 0.15) is 11.9 Å². The Balaban J connectivity index is 1.48. The molecule has 1 atom stereocenters. The van der Waals surface area contributed by atoms with Crippen molar-refractivity contribution in [2.45, 2.75) is 31.3 Å². The van der Waals surface area contributed by atoms with Crippen molar-refractivity contribution in [1.82, 2.24) is 5.32 Å². The summed E-state index contributed by atoms with van der Waals surface area (Å²) >= 11 is 0. The van der Waals surface area contributed by atoms with Crippen LogP contribution in [0.3, 0.4) is 0 Å². The number of amides is 1. The molecule has 0 radical (unpaired) electrons. The summed E-state index contributed by atoms with van der Waals surface area (Å²) in [6.45, 7) is 4.36. The fourth-order valence-electron chi connectivity index (χ4n) is 3.98. The summed E-state index contributed by atoms with van der Waals surface area (Å²) in [5.41, 5.74) is 5.65. The molecule has 1 amide bonds. The molecule has 3 aromatic carbocycles. The first kappa shape index (κ1) is 21.1. The number of rotatable bonds is 5. The highest BCUT2D eigenvalue weighted by Crippen LogP contribution is 2.38. The molecule has 0 spiro atoms. The predicted molar refractivity (Wildman–Crippen MR) is 121 cm³/mol. The number of sulfone groups is 1. The number of hydrogen-bond donors (Lipinski definition) is 1. The quantitative estimate of drug-likeness (QED) is 0.655. The fourth-order valence-corrected chi connectivity index (χ4v) is 4.61. The third-order valence-electron chi connectivity index (χ3n) is 5.40. The zero-order valence-electron chi connectivity index (χ0n) is 17.8. The first-order valence-electron chi connectivity index (χ1n) is 10.2. The Morgan fingerprint density at radius 1 is 1.03 bits per heavy atom. The van der Waals surface area contributed by atoms with E-state index in [2.05, 4.69) is 5.32 Å². The van der Waals surface area contributed by atoms with Crippen LogP contribution in [0, 0.1) is 13.8 Å². The normalized spacial score (nSPS) is 15.3. The maximum Gasteiger partial charge on any atom is 0.251 e. The van der Waals surface area contributed by atoms with E-state index in [1.54, 1.807) is 24.3 Å². The van der Waals surface area contributed by atoms with Crippen LogP contribution in [0.25, 0.3) is 11.1 Å². The van der Waals surface area contributed by atoms with Gasteiger partial charge in [0.25, 0.3) is 5.91 Å². The standard InChI is InChI=1S/C25H25NO4S/c1-16-11-17(2)13-20(12-16)25(27)26-15-21-14-19-5-4-6-23(24(19)30-21)18-7-9-22(10-8-18)31(3,28)29/h4-13,21H,14-15H2,1-3H3,(H,26,27). The molecule has 4 rings (SSSR count). The Hall–Kier alpha value is -3.12. The topological polar surface area (TPSA) is 72.5 Å². The van der Waals surface area contributed by atoms with Crippen molar-refractivity contribution in [2.75, 3.05) is 12.8 Å². The lowest BCUT2D eigenvalue weighted by atomic mass is 10.0. The summed E-state index contributed by atoms with van der Waals surface area (Å²) in [5, 5.41) is 2.98. The highest BCUT2D eigenvalue weighted by atomic mass is 32.2. The number of carbonyl (C=O) groups is 1. The van der Waals surface area contributed by atoms with Gasteiger partial charge in [0.15, 0.2) is 9.84 Å². The van der Waals surface area contributed by atoms with Crippen molar-refractivity contribution in [3.05, 3.63) is 82.9 Å². The highest BCUT2D eigenvalue weighted by Gasteiger charge is 2.26. The molecule has 0 fully saturated rings. The van der Waals surface area contributed by atoms with Crippen LogP contribution >= 0.6 is 0 Å². The molecule has 0 aliphatic carbocycles. The van der Waals surface area contributed by atoms with Gasteiger partial charge < -0.3 is 10.1 Å². The minimum absolute atomic E-state index is 0.108. The number of carbonyl (C=O) groups excluding carboxylic acids is 1. The maximum atomic E-state index is 12.6. The number of aryl methyl sites for hydroxylation is 2. The summed E-state index contributed by atoms with van der Waals surface area (Å²) < 4.78 is 29.6. The monoisotopic (exact) mass is 435 g/mol. The summed E-state index contributed by atoms with van der Waals surface area (Å²) in [6.07, 6.45) is 1.75. The lowest BCUT2D eigenvalue weighted by molar-refractivity contribution is 0.0933. The van der Waals surface area contributed by atoms with Crippen LogP contribution < -0.4 is 10.1 Å². The Kier molecular flexibility index (Phi) is 5.58. The van der Waals surface area contributed by atoms with Crippen molar-refractivity contribution in [3.8, 4) is 16.9 Å². The molecule has 5 nitrogen and oxygen atoms in total. The molecular weight excluding hydrogens is 410 g/mol. The van der Waals surface area contributed by atoms with Crippen LogP contribution in [0.5, 0.6) is 5.75 Å². The van der Waals surface area contributed by atoms with Gasteiger partial charge in [-0.05, 0) is 49.2 Å². The van der Waals surface area contributed by atoms with E-state index in [1.165, 1.54) is 6.26 Å². The molecular formula is C25H25NO4S. The summed E-state index contributed by atoms with van der Waals surface area (Å²) in [4.78, 5) is 12.9. The van der Waals surface area contributed by atoms with Crippen LogP contribution in [0.1, 0.15) is 27.0 Å². The number of nitrogens with one attached hydrogen (secondary N) is 1. The van der Waals surface area contributed by atoms with Crippen molar-refractivity contribution in [2.24, 2.45) is 0 Å². The summed E-state index contributed by atoms with van der Waals surface area (Å²) in [6, 6.07) is 18.6. The molecule has 1 N–H and O–H groups in total. The molecule has 3 aromatic rings. The molecule has 1 unspecified atom stereocenters. The first-order valence-corrected chi connectivity index (χ1v) is 12.1. The van der Waals surface area contributed by atoms with E-state index in [0.29, 0.717) is 18.5 Å². The van der Waals surface area contributed by atoms with E-state index in [1.807, 2.05) is 50.2 Å². The Bertz CT molecular complexity index is 1230. The maximum absolute atomic E-state index is 12.6. The summed E-state index contributed by atoms with van der Waals surface area (Å²) in [7, 11) is -3.24. The number of hydrogen-bond acceptors (Lipinski definition) is 4. The van der Waals surface area contributed by atoms with Gasteiger partial charge in [0.05, 0.1) is 11.4 Å². The number of para-hydroxylation sites is 1. The highest BCUT2D eigenvalue weighted by molar-refractivity contribution is 7.90. The molecule has 160 valence electrons. The zero-order chi connectivity index (χ0) is 22.2. The van der Waals surface area contributed by atoms with Gasteiger partial charge in [-0.3, -0.25) is 4.79 Å². The average molecular weight is 436 g/mol. The second-order valence-corrected chi connectivity index (χ2v) is 10.1. The molecule has 0 bridgehead atoms. The lowest BCUT2D eigenvalue weighted by Gasteiger charge is -2.14. The van der Waals surface area contributed by atoms with E-state index in [9.17, 15) is 13.2 Å². The van der Waals surface area contributed by atoms with Crippen molar-refractivity contribution < 1.29 is 17.9 Å². The van der Waals surface area contributed by atoms with Gasteiger partial charge in [-0.25, -0.2) is 8.42 Å². The van der Waals surface area contributed by atoms with Crippen LogP contribution in [0.2, 0.25) is 0 Å². The van der Waals surface area contributed by atoms with E-state index >= 15 is 0 Å². The largest absolute Gasteiger partial charge is 0.487 e. The predicted octanol–water partition coefficient (Wildman–Crippen LogP) is 4.11. The third kappa shape index (κ3) is 4.64. The summed E-state index contributed by atoms with van der Waals surface area (Å²) in [5.74, 6) is 0.684. The number of benzene rings is 3. The molecule has 1 aliphatic rings. The Labute approximate surface area is 183 Å². The SMILES string of the molecule is Cc1cc(C)cc(C(=O)NCC2Cc3cccc(-c4ccc(S(C)(=O)=O)cc4)c3O2)c1. The molecule has 1 heterocycles. The lowest BCUT2D eigenvalue weighted by Crippen LogP contribution is -2.34. The molecule has 31 heavy (non-hydrogen) atoms. The van der Waals surface area contributed by atoms with Gasteiger partial charge in [-0.1, -0.05) is 47.5 Å². The third-order valence-corrected chi connectivity index (χ3v) is 6.52. The minimum Gasteiger partial charge on any atom is -0.487 e. The van der Waals surface area contributed by atoms with Crippen LogP contribution in [0.15, 0.2) is 65.6 Å². The van der Waals surface area contributed by atoms with Crippen LogP contribution in [-0.2, 0) is 16.3 Å². The van der Waals surface area contributed by atoms with Gasteiger partial charge in [-0.2, -0.15) is 0 Å². The second-order valence-electron chi connectivity index (χ2n) is 8.12. The molecule has 6 heteroatoms. The Morgan fingerprint density at radius 3 is 2.35 bits per heavy atom. The Morgan fingerprint density at radius 2 is 1.71 bits per heavy atom. The van der Waals surface area contributed by atoms with E-state index < -0.39 is 9.84 Å². The van der Waals surface area contributed by atoms with Crippen molar-refractivity contribution in [1.29, 1.82) is 0 Å². The molecule has 0 saturated heterocycles. The molecule has 0 aromatic heterocycles. The minimum atomic E-state index is -3.24. The van der Waals surface area contributed by atoms with Crippen molar-refractivity contribution >= 4 is 15.7 Å². The first-order chi connectivity index (χ1) is 14.7. The number of ether oxygens (including phenoxy) is 1. The van der Waals surface area contributed by atoms with E-state index in [-0.39, 0.29) is 16.9 Å². The molecule has 0 saturated carbocycles. The van der Waals surface area contributed by atoms with Crippen molar-refractivity contribution in [3.63, 3.8) is 0 Å². The smallest absolute Gasteiger partial charge is 0.251 e. The van der Waals surface area contributed by atoms with E-state index in [4.69, 9.17) is 4.74 Å². The van der Waals surface area contributed by atoms with Crippen LogP contribution in [-0.4, -0.2) is 33.2 Å². The van der Waals surface area contributed by atoms with Gasteiger partial charge in [0, 0.05) is 23.8 Å².